The highest BCUT2D eigenvalue weighted by atomic mass is 32.1. The second-order valence-electron chi connectivity index (χ2n) is 8.40. The number of carbonyl (C=O) groups excluding carboxylic acids is 1. The van der Waals surface area contributed by atoms with Crippen LogP contribution in [0.4, 0.5) is 0 Å². The van der Waals surface area contributed by atoms with E-state index in [1.807, 2.05) is 0 Å². The molecule has 1 aliphatic carbocycles. The van der Waals surface area contributed by atoms with E-state index in [-0.39, 0.29) is 12.5 Å². The molecule has 2 heterocycles. The first-order valence-corrected chi connectivity index (χ1v) is 12.5. The van der Waals surface area contributed by atoms with Crippen LogP contribution in [0.2, 0.25) is 0 Å². The third kappa shape index (κ3) is 7.80. The first-order chi connectivity index (χ1) is 14.6. The van der Waals surface area contributed by atoms with Crippen molar-refractivity contribution in [2.75, 3.05) is 45.9 Å². The van der Waals surface area contributed by atoms with Crippen LogP contribution in [-0.4, -0.2) is 72.8 Å². The van der Waals surface area contributed by atoms with Gasteiger partial charge in [-0.3, -0.25) is 9.69 Å². The molecule has 1 amide bonds. The van der Waals surface area contributed by atoms with Crippen molar-refractivity contribution in [3.8, 4) is 0 Å². The van der Waals surface area contributed by atoms with Gasteiger partial charge < -0.3 is 20.3 Å². The Morgan fingerprint density at radius 1 is 1.33 bits per heavy atom. The maximum absolute atomic E-state index is 12.5. The van der Waals surface area contributed by atoms with Gasteiger partial charge in [-0.1, -0.05) is 25.8 Å². The van der Waals surface area contributed by atoms with Gasteiger partial charge in [0.25, 0.3) is 0 Å². The van der Waals surface area contributed by atoms with E-state index in [4.69, 9.17) is 17.0 Å². The molecule has 168 valence electrons. The minimum absolute atomic E-state index is 0.0421. The number of rotatable bonds is 9. The van der Waals surface area contributed by atoms with Crippen molar-refractivity contribution in [2.24, 2.45) is 5.92 Å². The third-order valence-corrected chi connectivity index (χ3v) is 7.34. The number of hydrogen-bond acceptors (Lipinski definition) is 5. The van der Waals surface area contributed by atoms with Gasteiger partial charge in [-0.05, 0) is 48.8 Å². The lowest BCUT2D eigenvalue weighted by atomic mass is 9.86. The maximum Gasteiger partial charge on any atom is 0.239 e. The molecule has 2 fully saturated rings. The van der Waals surface area contributed by atoms with Gasteiger partial charge in [0, 0.05) is 37.1 Å². The van der Waals surface area contributed by atoms with E-state index in [9.17, 15) is 4.79 Å². The fraction of sp³-hybridized carbons (Fsp3) is 0.727. The van der Waals surface area contributed by atoms with Crippen LogP contribution in [-0.2, 0) is 16.1 Å². The zero-order chi connectivity index (χ0) is 21.2. The Morgan fingerprint density at radius 3 is 2.87 bits per heavy atom. The third-order valence-electron chi connectivity index (χ3n) is 6.08. The van der Waals surface area contributed by atoms with Crippen LogP contribution in [0, 0.1) is 5.92 Å². The van der Waals surface area contributed by atoms with Crippen molar-refractivity contribution < 1.29 is 9.53 Å². The highest BCUT2D eigenvalue weighted by Gasteiger charge is 2.23. The van der Waals surface area contributed by atoms with E-state index in [0.717, 1.165) is 58.8 Å². The fourth-order valence-corrected chi connectivity index (χ4v) is 5.16. The number of nitrogens with zero attached hydrogens (tertiary/aromatic N) is 2. The quantitative estimate of drug-likeness (QED) is 0.562. The average Bonchev–Trinajstić information content (AvgIpc) is 3.27. The van der Waals surface area contributed by atoms with Crippen molar-refractivity contribution in [3.63, 3.8) is 0 Å². The summed E-state index contributed by atoms with van der Waals surface area (Å²) in [6.07, 6.45) is 5.81. The molecule has 2 atom stereocenters. The molecule has 1 saturated heterocycles. The van der Waals surface area contributed by atoms with Gasteiger partial charge in [0.2, 0.25) is 5.91 Å². The molecule has 1 aromatic heterocycles. The maximum atomic E-state index is 12.5. The lowest BCUT2D eigenvalue weighted by Crippen LogP contribution is -2.48. The first-order valence-electron chi connectivity index (χ1n) is 11.3. The van der Waals surface area contributed by atoms with Crippen LogP contribution in [0.5, 0.6) is 0 Å². The highest BCUT2D eigenvalue weighted by molar-refractivity contribution is 7.80. The van der Waals surface area contributed by atoms with Crippen molar-refractivity contribution in [2.45, 2.75) is 51.6 Å². The zero-order valence-corrected chi connectivity index (χ0v) is 19.7. The Kier molecular flexibility index (Phi) is 9.84. The van der Waals surface area contributed by atoms with Gasteiger partial charge in [-0.15, -0.1) is 11.3 Å². The van der Waals surface area contributed by atoms with Crippen LogP contribution in [0.1, 0.15) is 43.9 Å². The zero-order valence-electron chi connectivity index (χ0n) is 18.1. The molecule has 8 heteroatoms. The summed E-state index contributed by atoms with van der Waals surface area (Å²) in [6.45, 7) is 8.86. The Balaban J connectivity index is 1.44. The molecule has 0 bridgehead atoms. The molecule has 3 rings (SSSR count). The van der Waals surface area contributed by atoms with Crippen LogP contribution in [0.25, 0.3) is 0 Å². The van der Waals surface area contributed by atoms with Crippen LogP contribution >= 0.6 is 23.6 Å². The van der Waals surface area contributed by atoms with Crippen LogP contribution in [0.15, 0.2) is 17.5 Å². The van der Waals surface area contributed by atoms with Crippen molar-refractivity contribution in [1.82, 2.24) is 20.4 Å². The number of thiophene rings is 1. The molecule has 30 heavy (non-hydrogen) atoms. The number of carbonyl (C=O) groups is 1. The van der Waals surface area contributed by atoms with E-state index in [1.54, 1.807) is 11.3 Å². The molecule has 2 N–H and O–H groups in total. The first kappa shape index (κ1) is 23.4. The topological polar surface area (TPSA) is 56.8 Å². The molecule has 1 aromatic rings. The number of nitrogens with one attached hydrogen (secondary N) is 2. The number of amides is 1. The Morgan fingerprint density at radius 2 is 2.13 bits per heavy atom. The molecule has 6 nitrogen and oxygen atoms in total. The summed E-state index contributed by atoms with van der Waals surface area (Å²) in [4.78, 5) is 18.4. The van der Waals surface area contributed by atoms with Gasteiger partial charge in [-0.25, -0.2) is 0 Å². The summed E-state index contributed by atoms with van der Waals surface area (Å²) in [5.41, 5.74) is 0. The summed E-state index contributed by atoms with van der Waals surface area (Å²) in [5, 5.41) is 9.16. The van der Waals surface area contributed by atoms with E-state index in [2.05, 4.69) is 44.9 Å². The number of thiocarbonyl (C=S) groups is 1. The number of ether oxygens (including phenoxy) is 1. The summed E-state index contributed by atoms with van der Waals surface area (Å²) in [5.74, 6) is 0.602. The summed E-state index contributed by atoms with van der Waals surface area (Å²) < 4.78 is 5.43. The molecule has 0 unspecified atom stereocenters. The van der Waals surface area contributed by atoms with Gasteiger partial charge in [-0.2, -0.15) is 0 Å². The normalized spacial score (nSPS) is 22.4. The van der Waals surface area contributed by atoms with Gasteiger partial charge in [0.05, 0.1) is 26.3 Å². The highest BCUT2D eigenvalue weighted by Crippen LogP contribution is 2.23. The lowest BCUT2D eigenvalue weighted by molar-refractivity contribution is -0.121. The predicted octanol–water partition coefficient (Wildman–Crippen LogP) is 2.84. The van der Waals surface area contributed by atoms with Crippen molar-refractivity contribution in [3.05, 3.63) is 22.4 Å². The van der Waals surface area contributed by atoms with Crippen LogP contribution < -0.4 is 10.6 Å². The molecule has 2 aliphatic rings. The Hall–Kier alpha value is -1.22. The summed E-state index contributed by atoms with van der Waals surface area (Å²) >= 11 is 7.41. The fourth-order valence-electron chi connectivity index (χ4n) is 4.21. The average molecular weight is 453 g/mol. The molecule has 0 radical (unpaired) electrons. The summed E-state index contributed by atoms with van der Waals surface area (Å²) in [7, 11) is 0. The van der Waals surface area contributed by atoms with Crippen LogP contribution in [0.3, 0.4) is 0 Å². The number of hydrogen-bond donors (Lipinski definition) is 2. The molecule has 1 saturated carbocycles. The van der Waals surface area contributed by atoms with E-state index in [1.165, 1.54) is 24.1 Å². The second-order valence-corrected chi connectivity index (χ2v) is 9.82. The van der Waals surface area contributed by atoms with Gasteiger partial charge in [0.15, 0.2) is 5.11 Å². The molecule has 0 aromatic carbocycles. The monoisotopic (exact) mass is 452 g/mol. The van der Waals surface area contributed by atoms with E-state index >= 15 is 0 Å². The molecule has 0 spiro atoms. The lowest BCUT2D eigenvalue weighted by Gasteiger charge is -2.30. The minimum atomic E-state index is 0.0421. The van der Waals surface area contributed by atoms with E-state index < -0.39 is 0 Å². The molecular weight excluding hydrogens is 416 g/mol. The van der Waals surface area contributed by atoms with E-state index in [0.29, 0.717) is 17.1 Å². The van der Waals surface area contributed by atoms with Crippen molar-refractivity contribution >= 4 is 34.6 Å². The number of morpholine rings is 1. The van der Waals surface area contributed by atoms with Crippen molar-refractivity contribution in [1.29, 1.82) is 0 Å². The second kappa shape index (κ2) is 12.6. The Bertz CT molecular complexity index is 650. The SMILES string of the molecule is C[C@H]1CCCC[C@H]1NC(=O)CNC(=S)N(CCCN1CCOCC1)Cc1cccs1. The predicted molar refractivity (Wildman–Crippen MR) is 127 cm³/mol. The summed E-state index contributed by atoms with van der Waals surface area (Å²) in [6, 6.07) is 4.51. The molecular formula is C22H36N4O2S2. The Labute approximate surface area is 190 Å². The van der Waals surface area contributed by atoms with Gasteiger partial charge >= 0.3 is 0 Å². The molecule has 1 aliphatic heterocycles. The minimum Gasteiger partial charge on any atom is -0.379 e. The standard InChI is InChI=1S/C22H36N4O2S2/c1-18-6-2-3-8-20(18)24-21(27)16-23-22(29)26(17-19-7-4-15-30-19)10-5-9-25-11-13-28-14-12-25/h4,7,15,18,20H,2-3,5-6,8-14,16-17H2,1H3,(H,23,29)(H,24,27)/t18-,20+/m0/s1. The smallest absolute Gasteiger partial charge is 0.239 e. The van der Waals surface area contributed by atoms with Gasteiger partial charge in [0.1, 0.15) is 0 Å². The largest absolute Gasteiger partial charge is 0.379 e.